The van der Waals surface area contributed by atoms with Gasteiger partial charge in [0, 0.05) is 28.4 Å². The molecule has 21 heavy (non-hydrogen) atoms. The lowest BCUT2D eigenvalue weighted by Gasteiger charge is -2.09. The van der Waals surface area contributed by atoms with E-state index in [4.69, 9.17) is 0 Å². The topological polar surface area (TPSA) is 29.1 Å². The Hall–Kier alpha value is -1.87. The lowest BCUT2D eigenvalue weighted by molar-refractivity contribution is 0.104. The summed E-state index contributed by atoms with van der Waals surface area (Å²) >= 11 is 3.37. The molecular formula is C18H18BrNO. The van der Waals surface area contributed by atoms with E-state index in [-0.39, 0.29) is 5.78 Å². The van der Waals surface area contributed by atoms with Gasteiger partial charge in [-0.25, -0.2) is 0 Å². The Morgan fingerprint density at radius 3 is 2.38 bits per heavy atom. The van der Waals surface area contributed by atoms with Gasteiger partial charge in [0.05, 0.1) is 0 Å². The first-order valence-electron chi connectivity index (χ1n) is 6.97. The van der Waals surface area contributed by atoms with Gasteiger partial charge in [0.2, 0.25) is 0 Å². The number of rotatable bonds is 6. The van der Waals surface area contributed by atoms with Crippen molar-refractivity contribution in [1.29, 1.82) is 0 Å². The van der Waals surface area contributed by atoms with Crippen molar-refractivity contribution < 1.29 is 4.79 Å². The molecule has 2 aromatic carbocycles. The minimum absolute atomic E-state index is 0.0277. The average molecular weight is 344 g/mol. The molecule has 0 radical (unpaired) electrons. The molecule has 0 aliphatic rings. The van der Waals surface area contributed by atoms with Crippen molar-refractivity contribution in [2.45, 2.75) is 19.9 Å². The number of hydrogen-bond acceptors (Lipinski definition) is 2. The van der Waals surface area contributed by atoms with Gasteiger partial charge in [-0.2, -0.15) is 0 Å². The largest absolute Gasteiger partial charge is 0.384 e. The fourth-order valence-electron chi connectivity index (χ4n) is 1.95. The predicted octanol–water partition coefficient (Wildman–Crippen LogP) is 4.72. The molecule has 2 aromatic rings. The number of benzene rings is 2. The molecule has 0 atom stereocenters. The van der Waals surface area contributed by atoms with E-state index in [0.29, 0.717) is 5.56 Å². The van der Waals surface area contributed by atoms with Crippen LogP contribution in [-0.2, 0) is 6.54 Å². The molecule has 0 saturated carbocycles. The molecule has 0 bridgehead atoms. The molecule has 0 unspecified atom stereocenters. The Morgan fingerprint density at radius 1 is 1.10 bits per heavy atom. The summed E-state index contributed by atoms with van der Waals surface area (Å²) in [6.07, 6.45) is 2.49. The third kappa shape index (κ3) is 4.87. The maximum atomic E-state index is 12.2. The van der Waals surface area contributed by atoms with Crippen LogP contribution in [0.5, 0.6) is 0 Å². The van der Waals surface area contributed by atoms with Crippen molar-refractivity contribution in [1.82, 2.24) is 5.32 Å². The first-order valence-corrected chi connectivity index (χ1v) is 7.76. The molecule has 0 saturated heterocycles. The molecule has 0 aliphatic carbocycles. The van der Waals surface area contributed by atoms with Crippen LogP contribution in [-0.4, -0.2) is 5.78 Å². The number of carbonyl (C=O) groups is 1. The molecule has 0 spiro atoms. The van der Waals surface area contributed by atoms with E-state index in [2.05, 4.69) is 33.4 Å². The smallest absolute Gasteiger partial charge is 0.187 e. The number of carbonyl (C=O) groups excluding carboxylic acids is 1. The van der Waals surface area contributed by atoms with Crippen molar-refractivity contribution in [2.24, 2.45) is 0 Å². The summed E-state index contributed by atoms with van der Waals surface area (Å²) in [6.45, 7) is 2.77. The van der Waals surface area contributed by atoms with Crippen LogP contribution < -0.4 is 5.32 Å². The molecule has 0 aromatic heterocycles. The first-order chi connectivity index (χ1) is 10.2. The summed E-state index contributed by atoms with van der Waals surface area (Å²) in [7, 11) is 0. The summed E-state index contributed by atoms with van der Waals surface area (Å²) < 4.78 is 0.973. The van der Waals surface area contributed by atoms with Crippen LogP contribution >= 0.6 is 15.9 Å². The zero-order valence-electron chi connectivity index (χ0n) is 12.0. The van der Waals surface area contributed by atoms with Crippen molar-refractivity contribution in [2.75, 3.05) is 0 Å². The summed E-state index contributed by atoms with van der Waals surface area (Å²) in [5.41, 5.74) is 2.85. The van der Waals surface area contributed by atoms with E-state index < -0.39 is 0 Å². The van der Waals surface area contributed by atoms with Gasteiger partial charge in [-0.3, -0.25) is 4.79 Å². The minimum Gasteiger partial charge on any atom is -0.384 e. The third-order valence-corrected chi connectivity index (χ3v) is 3.71. The standard InChI is InChI=1S/C18H18BrNO/c1-2-17(20-13-14-6-4-3-5-7-14)12-18(21)15-8-10-16(19)11-9-15/h3-12,20H,2,13H2,1H3. The van der Waals surface area contributed by atoms with Gasteiger partial charge in [0.25, 0.3) is 0 Å². The molecule has 0 heterocycles. The summed E-state index contributed by atoms with van der Waals surface area (Å²) in [5.74, 6) is 0.0277. The van der Waals surface area contributed by atoms with Crippen LogP contribution in [0.25, 0.3) is 0 Å². The van der Waals surface area contributed by atoms with Crippen molar-refractivity contribution in [3.05, 3.63) is 82.0 Å². The van der Waals surface area contributed by atoms with Crippen molar-refractivity contribution >= 4 is 21.7 Å². The van der Waals surface area contributed by atoms with E-state index in [0.717, 1.165) is 23.1 Å². The predicted molar refractivity (Wildman–Crippen MR) is 90.1 cm³/mol. The molecule has 0 fully saturated rings. The second kappa shape index (κ2) is 7.79. The molecule has 2 rings (SSSR count). The maximum absolute atomic E-state index is 12.2. The highest BCUT2D eigenvalue weighted by molar-refractivity contribution is 9.10. The number of nitrogens with one attached hydrogen (secondary N) is 1. The summed E-state index contributed by atoms with van der Waals surface area (Å²) in [5, 5.41) is 3.33. The molecule has 108 valence electrons. The molecule has 3 heteroatoms. The van der Waals surface area contributed by atoms with Gasteiger partial charge >= 0.3 is 0 Å². The van der Waals surface area contributed by atoms with Crippen LogP contribution in [0.4, 0.5) is 0 Å². The SMILES string of the molecule is CCC(=CC(=O)c1ccc(Br)cc1)NCc1ccccc1. The monoisotopic (exact) mass is 343 g/mol. The van der Waals surface area contributed by atoms with E-state index in [1.165, 1.54) is 5.56 Å². The summed E-state index contributed by atoms with van der Waals surface area (Å²) in [6, 6.07) is 17.6. The highest BCUT2D eigenvalue weighted by Crippen LogP contribution is 2.12. The van der Waals surface area contributed by atoms with Gasteiger partial charge in [0.1, 0.15) is 0 Å². The Kier molecular flexibility index (Phi) is 5.76. The number of hydrogen-bond donors (Lipinski definition) is 1. The minimum atomic E-state index is 0.0277. The normalized spacial score (nSPS) is 11.2. The van der Waals surface area contributed by atoms with Gasteiger partial charge in [-0.1, -0.05) is 53.2 Å². The van der Waals surface area contributed by atoms with Gasteiger partial charge in [-0.15, -0.1) is 0 Å². The molecule has 0 amide bonds. The fourth-order valence-corrected chi connectivity index (χ4v) is 2.21. The van der Waals surface area contributed by atoms with Crippen LogP contribution in [0.15, 0.2) is 70.8 Å². The molecule has 2 nitrogen and oxygen atoms in total. The maximum Gasteiger partial charge on any atom is 0.187 e. The molecule has 1 N–H and O–H groups in total. The highest BCUT2D eigenvalue weighted by atomic mass is 79.9. The van der Waals surface area contributed by atoms with Gasteiger partial charge in [-0.05, 0) is 36.2 Å². The van der Waals surface area contributed by atoms with Crippen molar-refractivity contribution in [3.8, 4) is 0 Å². The first kappa shape index (κ1) is 15.5. The van der Waals surface area contributed by atoms with Crippen LogP contribution in [0.3, 0.4) is 0 Å². The zero-order valence-corrected chi connectivity index (χ0v) is 13.6. The van der Waals surface area contributed by atoms with Crippen molar-refractivity contribution in [3.63, 3.8) is 0 Å². The Bertz CT molecular complexity index is 617. The lowest BCUT2D eigenvalue weighted by atomic mass is 10.1. The number of halogens is 1. The highest BCUT2D eigenvalue weighted by Gasteiger charge is 2.04. The van der Waals surface area contributed by atoms with E-state index in [9.17, 15) is 4.79 Å². The second-order valence-corrected chi connectivity index (χ2v) is 5.65. The van der Waals surface area contributed by atoms with Crippen LogP contribution in [0.1, 0.15) is 29.3 Å². The average Bonchev–Trinajstić information content (AvgIpc) is 2.53. The van der Waals surface area contributed by atoms with Crippen LogP contribution in [0.2, 0.25) is 0 Å². The number of allylic oxidation sites excluding steroid dienone is 2. The second-order valence-electron chi connectivity index (χ2n) is 4.73. The van der Waals surface area contributed by atoms with E-state index in [1.807, 2.05) is 49.4 Å². The van der Waals surface area contributed by atoms with Gasteiger partial charge in [0.15, 0.2) is 5.78 Å². The van der Waals surface area contributed by atoms with E-state index in [1.54, 1.807) is 6.08 Å². The van der Waals surface area contributed by atoms with E-state index >= 15 is 0 Å². The molecular weight excluding hydrogens is 326 g/mol. The lowest BCUT2D eigenvalue weighted by Crippen LogP contribution is -2.13. The fraction of sp³-hybridized carbons (Fsp3) is 0.167. The molecule has 0 aliphatic heterocycles. The van der Waals surface area contributed by atoms with Crippen LogP contribution in [0, 0.1) is 0 Å². The quantitative estimate of drug-likeness (QED) is 0.607. The van der Waals surface area contributed by atoms with Gasteiger partial charge < -0.3 is 5.32 Å². The number of ketones is 1. The Balaban J connectivity index is 2.02. The third-order valence-electron chi connectivity index (χ3n) is 3.18. The Labute approximate surface area is 134 Å². The summed E-state index contributed by atoms with van der Waals surface area (Å²) in [4.78, 5) is 12.2. The Morgan fingerprint density at radius 2 is 1.76 bits per heavy atom. The zero-order chi connectivity index (χ0) is 15.1.